The Morgan fingerprint density at radius 3 is 2.56 bits per heavy atom. The fourth-order valence-electron chi connectivity index (χ4n) is 5.92. The molecule has 4 rings (SSSR count). The molecule has 0 saturated heterocycles. The minimum atomic E-state index is -0.557. The van der Waals surface area contributed by atoms with E-state index < -0.39 is 23.2 Å². The van der Waals surface area contributed by atoms with Crippen LogP contribution < -0.4 is 24.8 Å². The van der Waals surface area contributed by atoms with Gasteiger partial charge in [0.2, 0.25) is 0 Å². The zero-order valence-corrected chi connectivity index (χ0v) is 21.1. The predicted molar refractivity (Wildman–Crippen MR) is 104 cm³/mol. The van der Waals surface area contributed by atoms with Crippen LogP contribution in [0.3, 0.4) is 0 Å². The van der Waals surface area contributed by atoms with Crippen molar-refractivity contribution in [2.45, 2.75) is 72.1 Å². The molecular weight excluding hydrogens is 450 g/mol. The number of allylic oxidation sites excluding steroid dienone is 8. The average molecular weight is 485 g/mol. The third kappa shape index (κ3) is 5.13. The maximum Gasteiger partial charge on any atom is -1.00 e. The quantitative estimate of drug-likeness (QED) is 0.559. The number of rotatable bonds is 4. The van der Waals surface area contributed by atoms with E-state index in [0.29, 0.717) is 0 Å². The molecule has 1 unspecified atom stereocenters. The molecule has 0 bridgehead atoms. The summed E-state index contributed by atoms with van der Waals surface area (Å²) < 4.78 is 3.76. The molecule has 4 atom stereocenters. The van der Waals surface area contributed by atoms with Gasteiger partial charge in [-0.15, -0.1) is 0 Å². The molecule has 4 aliphatic carbocycles. The largest absolute Gasteiger partial charge is 1.00 e. The normalized spacial score (nSPS) is 32.3. The molecule has 148 valence electrons. The van der Waals surface area contributed by atoms with Crippen molar-refractivity contribution in [1.82, 2.24) is 0 Å². The van der Waals surface area contributed by atoms with Crippen molar-refractivity contribution >= 4 is 0 Å². The van der Waals surface area contributed by atoms with Crippen LogP contribution in [-0.2, 0) is 23.2 Å². The summed E-state index contributed by atoms with van der Waals surface area (Å²) in [7, 11) is 0. The third-order valence-electron chi connectivity index (χ3n) is 7.17. The molecule has 0 radical (unpaired) electrons. The molecule has 1 saturated carbocycles. The maximum atomic E-state index is 2.74. The van der Waals surface area contributed by atoms with Crippen LogP contribution in [0.1, 0.15) is 72.1 Å². The van der Waals surface area contributed by atoms with Crippen LogP contribution in [0, 0.1) is 29.6 Å². The van der Waals surface area contributed by atoms with Gasteiger partial charge < -0.3 is 24.8 Å². The SMILES string of the molecule is CC(C)[C@H]1CC[C@H](C)C[C@H]1C1[C]([Zr+2][C]2=CC=CC2)=CC2=C1CCCC2.[Cl-].[Cl-]. The van der Waals surface area contributed by atoms with Crippen LogP contribution in [0.2, 0.25) is 0 Å². The van der Waals surface area contributed by atoms with E-state index in [1.165, 1.54) is 51.4 Å². The van der Waals surface area contributed by atoms with Crippen LogP contribution in [0.5, 0.6) is 0 Å². The van der Waals surface area contributed by atoms with Crippen molar-refractivity contribution < 1.29 is 48.0 Å². The Labute approximate surface area is 190 Å². The Morgan fingerprint density at radius 1 is 1.07 bits per heavy atom. The van der Waals surface area contributed by atoms with Gasteiger partial charge in [-0.1, -0.05) is 0 Å². The summed E-state index contributed by atoms with van der Waals surface area (Å²) in [6, 6.07) is 0. The summed E-state index contributed by atoms with van der Waals surface area (Å²) in [5.74, 6) is 4.54. The van der Waals surface area contributed by atoms with Crippen LogP contribution >= 0.6 is 0 Å². The average Bonchev–Trinajstić information content (AvgIpc) is 3.21. The zero-order chi connectivity index (χ0) is 17.4. The van der Waals surface area contributed by atoms with E-state index in [9.17, 15) is 0 Å². The van der Waals surface area contributed by atoms with Gasteiger partial charge in [0, 0.05) is 0 Å². The first-order valence-electron chi connectivity index (χ1n) is 10.7. The van der Waals surface area contributed by atoms with Crippen LogP contribution in [0.4, 0.5) is 0 Å². The Bertz CT molecular complexity index is 641. The summed E-state index contributed by atoms with van der Waals surface area (Å²) in [5, 5.41) is 0. The summed E-state index contributed by atoms with van der Waals surface area (Å²) >= 11 is -0.557. The molecule has 27 heavy (non-hydrogen) atoms. The van der Waals surface area contributed by atoms with E-state index in [0.717, 1.165) is 29.6 Å². The van der Waals surface area contributed by atoms with E-state index in [-0.39, 0.29) is 24.8 Å². The van der Waals surface area contributed by atoms with E-state index in [2.05, 4.69) is 45.1 Å². The van der Waals surface area contributed by atoms with E-state index in [4.69, 9.17) is 0 Å². The molecule has 0 aromatic rings. The summed E-state index contributed by atoms with van der Waals surface area (Å²) in [6.45, 7) is 7.50. The minimum Gasteiger partial charge on any atom is -1.00 e. The van der Waals surface area contributed by atoms with Gasteiger partial charge in [-0.25, -0.2) is 0 Å². The molecule has 0 aromatic carbocycles. The van der Waals surface area contributed by atoms with Crippen LogP contribution in [0.15, 0.2) is 42.0 Å². The first kappa shape index (κ1) is 23.7. The Kier molecular flexibility index (Phi) is 9.17. The van der Waals surface area contributed by atoms with Gasteiger partial charge in [0.1, 0.15) is 0 Å². The van der Waals surface area contributed by atoms with Crippen LogP contribution in [0.25, 0.3) is 0 Å². The van der Waals surface area contributed by atoms with E-state index in [1.54, 1.807) is 5.57 Å². The smallest absolute Gasteiger partial charge is 1.00 e. The maximum absolute atomic E-state index is 2.74. The second-order valence-electron chi connectivity index (χ2n) is 9.27. The van der Waals surface area contributed by atoms with Crippen molar-refractivity contribution in [3.05, 3.63) is 42.0 Å². The van der Waals surface area contributed by atoms with Crippen molar-refractivity contribution in [1.29, 1.82) is 0 Å². The monoisotopic (exact) mass is 482 g/mol. The molecule has 3 heteroatoms. The van der Waals surface area contributed by atoms with Crippen molar-refractivity contribution in [2.24, 2.45) is 29.6 Å². The molecule has 0 aliphatic heterocycles. The standard InChI is InChI=1S/C19H29.C5H5.2ClH.Zr/c1-13(2)16-10-8-14(3)12-19(16)18-11-9-15-6-4-5-7-17(15)18;1-2-4-5-3-1;;;/h9,13-14,16,18-19H,4-8,10,12H2,1-3H3;1-3H,4H2;2*1H;/q;;;;+2/p-2/t14-,16+,18?,19+;;;;/m0..../s1. The van der Waals surface area contributed by atoms with E-state index in [1.807, 2.05) is 12.1 Å². The fraction of sp³-hybridized carbons (Fsp3) is 0.667. The zero-order valence-electron chi connectivity index (χ0n) is 17.1. The van der Waals surface area contributed by atoms with Gasteiger partial charge in [0.15, 0.2) is 0 Å². The molecule has 0 heterocycles. The van der Waals surface area contributed by atoms with Crippen molar-refractivity contribution in [3.63, 3.8) is 0 Å². The third-order valence-corrected chi connectivity index (χ3v) is 10.7. The second-order valence-corrected chi connectivity index (χ2v) is 12.9. The second kappa shape index (κ2) is 10.5. The molecule has 0 nitrogen and oxygen atoms in total. The fourth-order valence-corrected chi connectivity index (χ4v) is 9.76. The summed E-state index contributed by atoms with van der Waals surface area (Å²) in [5.41, 5.74) is 3.71. The molecule has 1 fully saturated rings. The molecule has 0 spiro atoms. The van der Waals surface area contributed by atoms with Gasteiger partial charge in [0.25, 0.3) is 0 Å². The first-order chi connectivity index (χ1) is 12.1. The Balaban J connectivity index is 0.00000131. The molecule has 0 N–H and O–H groups in total. The van der Waals surface area contributed by atoms with Crippen molar-refractivity contribution in [2.75, 3.05) is 0 Å². The Hall–Kier alpha value is 0.423. The first-order valence-corrected chi connectivity index (χ1v) is 13.2. The number of hydrogen-bond acceptors (Lipinski definition) is 0. The summed E-state index contributed by atoms with van der Waals surface area (Å²) in [4.78, 5) is 0. The van der Waals surface area contributed by atoms with Crippen molar-refractivity contribution in [3.8, 4) is 0 Å². The van der Waals surface area contributed by atoms with E-state index >= 15 is 0 Å². The summed E-state index contributed by atoms with van der Waals surface area (Å²) in [6.07, 6.45) is 21.2. The molecule has 0 aromatic heterocycles. The van der Waals surface area contributed by atoms with Gasteiger partial charge in [-0.3, -0.25) is 0 Å². The van der Waals surface area contributed by atoms with Gasteiger partial charge in [0.05, 0.1) is 0 Å². The number of hydrogen-bond donors (Lipinski definition) is 0. The topological polar surface area (TPSA) is 0 Å². The van der Waals surface area contributed by atoms with Crippen LogP contribution in [-0.4, -0.2) is 0 Å². The molecular formula is C24H34Cl2Zr. The van der Waals surface area contributed by atoms with Gasteiger partial charge >= 0.3 is 167 Å². The predicted octanol–water partition coefficient (Wildman–Crippen LogP) is 1.01. The minimum absolute atomic E-state index is 0. The molecule has 0 amide bonds. The van der Waals surface area contributed by atoms with Gasteiger partial charge in [-0.2, -0.15) is 0 Å². The van der Waals surface area contributed by atoms with Gasteiger partial charge in [-0.05, 0) is 0 Å². The Morgan fingerprint density at radius 2 is 1.85 bits per heavy atom. The molecule has 4 aliphatic rings. The number of halogens is 2.